The van der Waals surface area contributed by atoms with Crippen molar-refractivity contribution in [3.8, 4) is 0 Å². The molecule has 10 heteroatoms. The van der Waals surface area contributed by atoms with Crippen LogP contribution in [-0.2, 0) is 19.1 Å². The number of hydrogen-bond acceptors (Lipinski definition) is 5. The van der Waals surface area contributed by atoms with E-state index in [0.717, 1.165) is 0 Å². The van der Waals surface area contributed by atoms with Gasteiger partial charge < -0.3 is 25.0 Å². The number of alkyl carbamates (subject to hydrolysis) is 1. The van der Waals surface area contributed by atoms with Gasteiger partial charge in [0, 0.05) is 35.1 Å². The first-order valence-electron chi connectivity index (χ1n) is 12.1. The Balaban J connectivity index is 1.93. The van der Waals surface area contributed by atoms with E-state index < -0.39 is 52.5 Å². The highest BCUT2D eigenvalue weighted by Crippen LogP contribution is 2.49. The fourth-order valence-corrected chi connectivity index (χ4v) is 5.33. The van der Waals surface area contributed by atoms with Crippen LogP contribution in [-0.4, -0.2) is 64.2 Å². The third kappa shape index (κ3) is 5.61. The highest BCUT2D eigenvalue weighted by Gasteiger charge is 2.60. The lowest BCUT2D eigenvalue weighted by Crippen LogP contribution is -2.59. The first-order valence-corrected chi connectivity index (χ1v) is 12.4. The number of nitrogens with zero attached hydrogens (tertiary/aromatic N) is 2. The molecule has 3 rings (SSSR count). The van der Waals surface area contributed by atoms with Crippen LogP contribution in [0.3, 0.4) is 0 Å². The van der Waals surface area contributed by atoms with E-state index in [1.807, 2.05) is 0 Å². The van der Waals surface area contributed by atoms with Crippen LogP contribution in [0.15, 0.2) is 24.3 Å². The number of aliphatic carboxylic acids is 1. The summed E-state index contributed by atoms with van der Waals surface area (Å²) in [4.78, 5) is 54.8. The molecule has 1 aromatic carbocycles. The Kier molecular flexibility index (Phi) is 7.39. The molecule has 2 fully saturated rings. The first-order chi connectivity index (χ1) is 16.4. The van der Waals surface area contributed by atoms with Gasteiger partial charge in [-0.05, 0) is 57.7 Å². The van der Waals surface area contributed by atoms with Crippen molar-refractivity contribution < 1.29 is 29.0 Å². The Morgan fingerprint density at radius 2 is 1.83 bits per heavy atom. The summed E-state index contributed by atoms with van der Waals surface area (Å²) in [6, 6.07) is 4.20. The number of carboxylic acids is 1. The normalized spacial score (nSPS) is 25.3. The van der Waals surface area contributed by atoms with Gasteiger partial charge in [-0.25, -0.2) is 9.59 Å². The third-order valence-electron chi connectivity index (χ3n) is 6.95. The average molecular weight is 522 g/mol. The Morgan fingerprint density at radius 1 is 1.19 bits per heavy atom. The van der Waals surface area contributed by atoms with Crippen molar-refractivity contribution in [2.75, 3.05) is 11.4 Å². The number of hydrogen-bond donors (Lipinski definition) is 2. The molecule has 2 aliphatic rings. The lowest BCUT2D eigenvalue weighted by atomic mass is 9.79. The molecule has 4 atom stereocenters. The zero-order valence-electron chi connectivity index (χ0n) is 21.9. The van der Waals surface area contributed by atoms with Gasteiger partial charge in [0.2, 0.25) is 11.8 Å². The molecule has 0 bridgehead atoms. The van der Waals surface area contributed by atoms with Gasteiger partial charge in [0.15, 0.2) is 0 Å². The topological polar surface area (TPSA) is 116 Å². The number of ether oxygens (including phenoxy) is 1. The number of carbonyl (C=O) groups is 4. The smallest absolute Gasteiger partial charge is 0.408 e. The second-order valence-corrected chi connectivity index (χ2v) is 12.4. The second-order valence-electron chi connectivity index (χ2n) is 11.9. The summed E-state index contributed by atoms with van der Waals surface area (Å²) in [6.45, 7) is 12.6. The van der Waals surface area contributed by atoms with Crippen LogP contribution in [0, 0.1) is 10.8 Å². The summed E-state index contributed by atoms with van der Waals surface area (Å²) in [7, 11) is 0. The summed E-state index contributed by atoms with van der Waals surface area (Å²) >= 11 is 6.13. The molecular formula is C26H36ClN3O6. The average Bonchev–Trinajstić information content (AvgIpc) is 3.20. The lowest BCUT2D eigenvalue weighted by Gasteiger charge is -2.38. The van der Waals surface area contributed by atoms with Gasteiger partial charge in [0.25, 0.3) is 0 Å². The molecule has 2 heterocycles. The van der Waals surface area contributed by atoms with Crippen LogP contribution >= 0.6 is 11.6 Å². The Labute approximate surface area is 217 Å². The number of benzene rings is 1. The molecule has 1 spiro atoms. The van der Waals surface area contributed by atoms with Crippen molar-refractivity contribution >= 4 is 41.2 Å². The molecule has 198 valence electrons. The van der Waals surface area contributed by atoms with Crippen molar-refractivity contribution in [1.82, 2.24) is 10.2 Å². The number of likely N-dealkylation sites (tertiary alicyclic amines) is 1. The summed E-state index contributed by atoms with van der Waals surface area (Å²) in [6.07, 6.45) is -0.526. The number of carboxylic acid groups (broad SMARTS) is 1. The summed E-state index contributed by atoms with van der Waals surface area (Å²) < 4.78 is 5.36. The van der Waals surface area contributed by atoms with Crippen LogP contribution in [0.1, 0.15) is 61.3 Å². The van der Waals surface area contributed by atoms with E-state index in [1.54, 1.807) is 77.6 Å². The maximum absolute atomic E-state index is 13.9. The maximum atomic E-state index is 13.9. The molecule has 3 amide bonds. The Bertz CT molecular complexity index is 1060. The highest BCUT2D eigenvalue weighted by atomic mass is 35.5. The van der Waals surface area contributed by atoms with Crippen molar-refractivity contribution in [2.24, 2.45) is 10.8 Å². The number of carbonyl (C=O) groups excluding carboxylic acids is 3. The van der Waals surface area contributed by atoms with E-state index in [4.69, 9.17) is 16.3 Å². The summed E-state index contributed by atoms with van der Waals surface area (Å²) in [5.74, 6) is -1.81. The Morgan fingerprint density at radius 3 is 2.36 bits per heavy atom. The first kappa shape index (κ1) is 27.8. The molecule has 0 radical (unpaired) electrons. The summed E-state index contributed by atoms with van der Waals surface area (Å²) in [5.41, 5.74) is -1.62. The van der Waals surface area contributed by atoms with Gasteiger partial charge in [-0.3, -0.25) is 9.59 Å². The van der Waals surface area contributed by atoms with Gasteiger partial charge in [0.1, 0.15) is 17.7 Å². The van der Waals surface area contributed by atoms with Gasteiger partial charge in [0.05, 0.1) is 0 Å². The molecule has 2 aliphatic heterocycles. The van der Waals surface area contributed by atoms with Crippen molar-refractivity contribution in [2.45, 2.75) is 85.0 Å². The van der Waals surface area contributed by atoms with E-state index in [-0.39, 0.29) is 25.3 Å². The SMILES string of the molecule is CC1N(C(=O)C(NC(=O)OC(C)(C)C)C(C)(C)C)C(C(=O)O)CC12CC(=O)N(c1cccc(Cl)c1)C2. The predicted molar refractivity (Wildman–Crippen MR) is 136 cm³/mol. The molecule has 2 saturated heterocycles. The zero-order chi connectivity index (χ0) is 27.2. The number of anilines is 1. The van der Waals surface area contributed by atoms with Crippen LogP contribution in [0.4, 0.5) is 10.5 Å². The minimum atomic E-state index is -1.15. The van der Waals surface area contributed by atoms with Gasteiger partial charge in [-0.1, -0.05) is 38.4 Å². The molecule has 0 aliphatic carbocycles. The molecule has 2 N–H and O–H groups in total. The minimum absolute atomic E-state index is 0.105. The fourth-order valence-electron chi connectivity index (χ4n) is 5.14. The van der Waals surface area contributed by atoms with Gasteiger partial charge >= 0.3 is 12.1 Å². The fraction of sp³-hybridized carbons (Fsp3) is 0.615. The molecule has 4 unspecified atom stereocenters. The maximum Gasteiger partial charge on any atom is 0.408 e. The molecule has 0 aromatic heterocycles. The van der Waals surface area contributed by atoms with E-state index >= 15 is 0 Å². The van der Waals surface area contributed by atoms with E-state index in [0.29, 0.717) is 10.7 Å². The second kappa shape index (κ2) is 9.57. The molecule has 0 saturated carbocycles. The van der Waals surface area contributed by atoms with Gasteiger partial charge in [-0.2, -0.15) is 0 Å². The monoisotopic (exact) mass is 521 g/mol. The van der Waals surface area contributed by atoms with Crippen LogP contribution in [0.25, 0.3) is 0 Å². The number of halogens is 1. The lowest BCUT2D eigenvalue weighted by molar-refractivity contribution is -0.151. The van der Waals surface area contributed by atoms with E-state index in [2.05, 4.69) is 5.32 Å². The molecule has 1 aromatic rings. The minimum Gasteiger partial charge on any atom is -0.480 e. The largest absolute Gasteiger partial charge is 0.480 e. The van der Waals surface area contributed by atoms with Crippen LogP contribution < -0.4 is 10.2 Å². The van der Waals surface area contributed by atoms with Crippen molar-refractivity contribution in [3.05, 3.63) is 29.3 Å². The predicted octanol–water partition coefficient (Wildman–Crippen LogP) is 4.08. The number of rotatable bonds is 4. The quantitative estimate of drug-likeness (QED) is 0.616. The molecular weight excluding hydrogens is 486 g/mol. The zero-order valence-corrected chi connectivity index (χ0v) is 22.7. The summed E-state index contributed by atoms with van der Waals surface area (Å²) in [5, 5.41) is 13.2. The number of amides is 3. The van der Waals surface area contributed by atoms with Crippen molar-refractivity contribution in [1.29, 1.82) is 0 Å². The van der Waals surface area contributed by atoms with Crippen LogP contribution in [0.2, 0.25) is 5.02 Å². The molecule has 36 heavy (non-hydrogen) atoms. The number of nitrogens with one attached hydrogen (secondary N) is 1. The van der Waals surface area contributed by atoms with Crippen LogP contribution in [0.5, 0.6) is 0 Å². The van der Waals surface area contributed by atoms with E-state index in [1.165, 1.54) is 4.90 Å². The van der Waals surface area contributed by atoms with Gasteiger partial charge in [-0.15, -0.1) is 0 Å². The van der Waals surface area contributed by atoms with Crippen molar-refractivity contribution in [3.63, 3.8) is 0 Å². The Hall–Kier alpha value is -2.81. The highest BCUT2D eigenvalue weighted by molar-refractivity contribution is 6.31. The van der Waals surface area contributed by atoms with E-state index in [9.17, 15) is 24.3 Å². The standard InChI is InChI=1S/C26H36ClN3O6/c1-15-26(13-19(31)29(14-26)17-10-8-9-16(27)11-17)12-18(22(33)34)30(15)21(32)20(24(2,3)4)28-23(35)36-25(5,6)7/h8-11,15,18,20H,12-14H2,1-7H3,(H,28,35)(H,33,34). The molecule has 9 nitrogen and oxygen atoms in total. The third-order valence-corrected chi connectivity index (χ3v) is 7.19.